The molecule has 1 saturated heterocycles. The van der Waals surface area contributed by atoms with E-state index in [2.05, 4.69) is 32.0 Å². The number of carbonyl (C=O) groups excluding carboxylic acids is 1. The van der Waals surface area contributed by atoms with E-state index >= 15 is 0 Å². The summed E-state index contributed by atoms with van der Waals surface area (Å²) in [5, 5.41) is 7.90. The van der Waals surface area contributed by atoms with E-state index < -0.39 is 0 Å². The molecule has 1 aliphatic heterocycles. The fourth-order valence-corrected chi connectivity index (χ4v) is 3.71. The van der Waals surface area contributed by atoms with Crippen molar-refractivity contribution in [2.75, 3.05) is 24.5 Å². The predicted octanol–water partition coefficient (Wildman–Crippen LogP) is 2.71. The van der Waals surface area contributed by atoms with Gasteiger partial charge in [0.1, 0.15) is 11.6 Å². The van der Waals surface area contributed by atoms with Gasteiger partial charge < -0.3 is 9.80 Å². The highest BCUT2D eigenvalue weighted by atomic mass is 16.2. The third kappa shape index (κ3) is 4.59. The number of aromatic nitrogens is 4. The van der Waals surface area contributed by atoms with Crippen molar-refractivity contribution >= 4 is 11.7 Å². The topological polar surface area (TPSA) is 75.1 Å². The summed E-state index contributed by atoms with van der Waals surface area (Å²) in [7, 11) is 0. The quantitative estimate of drug-likeness (QED) is 0.808. The SMILES string of the molecule is CCCN(C(=O)c1cnnc(C)c1)C1CCN(c2cc(C)nc(C)n2)CC1. The Morgan fingerprint density at radius 2 is 1.89 bits per heavy atom. The van der Waals surface area contributed by atoms with E-state index in [1.54, 1.807) is 6.20 Å². The molecule has 0 radical (unpaired) electrons. The molecule has 1 aliphatic rings. The molecule has 0 bridgehead atoms. The Morgan fingerprint density at radius 1 is 1.15 bits per heavy atom. The average molecular weight is 368 g/mol. The molecule has 0 saturated carbocycles. The number of carbonyl (C=O) groups is 1. The summed E-state index contributed by atoms with van der Waals surface area (Å²) in [4.78, 5) is 26.3. The van der Waals surface area contributed by atoms with Gasteiger partial charge in [-0.1, -0.05) is 6.92 Å². The highest BCUT2D eigenvalue weighted by Gasteiger charge is 2.29. The normalized spacial score (nSPS) is 15.0. The zero-order valence-electron chi connectivity index (χ0n) is 16.6. The number of hydrogen-bond donors (Lipinski definition) is 0. The minimum absolute atomic E-state index is 0.0574. The van der Waals surface area contributed by atoms with Gasteiger partial charge in [-0.3, -0.25) is 4.79 Å². The fraction of sp³-hybridized carbons (Fsp3) is 0.550. The van der Waals surface area contributed by atoms with Gasteiger partial charge >= 0.3 is 0 Å². The summed E-state index contributed by atoms with van der Waals surface area (Å²) in [6, 6.07) is 4.10. The first kappa shape index (κ1) is 19.2. The Kier molecular flexibility index (Phi) is 5.98. The second kappa shape index (κ2) is 8.41. The van der Waals surface area contributed by atoms with Crippen LogP contribution in [0, 0.1) is 20.8 Å². The number of rotatable bonds is 5. The summed E-state index contributed by atoms with van der Waals surface area (Å²) in [5.41, 5.74) is 2.38. The molecule has 7 nitrogen and oxygen atoms in total. The average Bonchev–Trinajstić information content (AvgIpc) is 2.65. The first-order valence-electron chi connectivity index (χ1n) is 9.65. The molecule has 0 unspecified atom stereocenters. The highest BCUT2D eigenvalue weighted by molar-refractivity contribution is 5.94. The molecule has 27 heavy (non-hydrogen) atoms. The third-order valence-corrected chi connectivity index (χ3v) is 4.93. The number of hydrogen-bond acceptors (Lipinski definition) is 6. The standard InChI is InChI=1S/C20H28N6O/c1-5-8-26(20(27)17-11-15(3)24-21-13-17)18-6-9-25(10-7-18)19-12-14(2)22-16(4)23-19/h11-13,18H,5-10H2,1-4H3. The van der Waals surface area contributed by atoms with Crippen molar-refractivity contribution in [3.8, 4) is 0 Å². The Morgan fingerprint density at radius 3 is 2.52 bits per heavy atom. The lowest BCUT2D eigenvalue weighted by Crippen LogP contribution is -2.48. The molecule has 3 rings (SSSR count). The number of anilines is 1. The molecule has 7 heteroatoms. The molecule has 0 aromatic carbocycles. The molecule has 1 amide bonds. The number of aryl methyl sites for hydroxylation is 3. The summed E-state index contributed by atoms with van der Waals surface area (Å²) in [6.45, 7) is 10.4. The minimum atomic E-state index is 0.0574. The molecule has 3 heterocycles. The van der Waals surface area contributed by atoms with Crippen LogP contribution in [0.5, 0.6) is 0 Å². The van der Waals surface area contributed by atoms with E-state index in [-0.39, 0.29) is 11.9 Å². The summed E-state index contributed by atoms with van der Waals surface area (Å²) >= 11 is 0. The fourth-order valence-electron chi connectivity index (χ4n) is 3.71. The van der Waals surface area contributed by atoms with Crippen LogP contribution in [-0.4, -0.2) is 56.6 Å². The van der Waals surface area contributed by atoms with Gasteiger partial charge in [-0.2, -0.15) is 10.2 Å². The molecule has 0 spiro atoms. The van der Waals surface area contributed by atoms with Gasteiger partial charge in [-0.25, -0.2) is 9.97 Å². The minimum Gasteiger partial charge on any atom is -0.356 e. The van der Waals surface area contributed by atoms with Crippen molar-refractivity contribution in [1.29, 1.82) is 0 Å². The van der Waals surface area contributed by atoms with Crippen LogP contribution in [0.25, 0.3) is 0 Å². The summed E-state index contributed by atoms with van der Waals surface area (Å²) in [6.07, 6.45) is 4.38. The molecule has 2 aromatic heterocycles. The van der Waals surface area contributed by atoms with Crippen molar-refractivity contribution < 1.29 is 4.79 Å². The molecule has 0 aliphatic carbocycles. The van der Waals surface area contributed by atoms with Gasteiger partial charge in [0.05, 0.1) is 17.5 Å². The molecule has 2 aromatic rings. The van der Waals surface area contributed by atoms with E-state index in [9.17, 15) is 4.79 Å². The van der Waals surface area contributed by atoms with Crippen LogP contribution >= 0.6 is 0 Å². The van der Waals surface area contributed by atoms with Gasteiger partial charge in [0.15, 0.2) is 0 Å². The van der Waals surface area contributed by atoms with Crippen LogP contribution in [0.15, 0.2) is 18.3 Å². The van der Waals surface area contributed by atoms with E-state index in [4.69, 9.17) is 0 Å². The Bertz CT molecular complexity index is 781. The molecular formula is C20H28N6O. The first-order valence-corrected chi connectivity index (χ1v) is 9.65. The van der Waals surface area contributed by atoms with Crippen molar-refractivity contribution in [1.82, 2.24) is 25.1 Å². The summed E-state index contributed by atoms with van der Waals surface area (Å²) in [5.74, 6) is 1.85. The van der Waals surface area contributed by atoms with E-state index in [1.807, 2.05) is 37.8 Å². The van der Waals surface area contributed by atoms with E-state index in [1.165, 1.54) is 0 Å². The molecule has 144 valence electrons. The van der Waals surface area contributed by atoms with Gasteiger partial charge in [0.2, 0.25) is 0 Å². The van der Waals surface area contributed by atoms with Gasteiger partial charge in [0.25, 0.3) is 5.91 Å². The van der Waals surface area contributed by atoms with Crippen molar-refractivity contribution in [3.05, 3.63) is 41.1 Å². The zero-order chi connectivity index (χ0) is 19.4. The van der Waals surface area contributed by atoms with Crippen LogP contribution in [0.1, 0.15) is 53.8 Å². The highest BCUT2D eigenvalue weighted by Crippen LogP contribution is 2.23. The lowest BCUT2D eigenvalue weighted by atomic mass is 10.0. The number of nitrogens with zero attached hydrogens (tertiary/aromatic N) is 6. The maximum absolute atomic E-state index is 13.1. The third-order valence-electron chi connectivity index (χ3n) is 4.93. The molecule has 1 fully saturated rings. The summed E-state index contributed by atoms with van der Waals surface area (Å²) < 4.78 is 0. The first-order chi connectivity index (χ1) is 13.0. The van der Waals surface area contributed by atoms with Crippen molar-refractivity contribution in [2.24, 2.45) is 0 Å². The van der Waals surface area contributed by atoms with Crippen LogP contribution in [0.2, 0.25) is 0 Å². The van der Waals surface area contributed by atoms with E-state index in [0.717, 1.165) is 61.9 Å². The Hall–Kier alpha value is -2.57. The number of piperidine rings is 1. The monoisotopic (exact) mass is 368 g/mol. The van der Waals surface area contributed by atoms with Crippen LogP contribution in [0.3, 0.4) is 0 Å². The maximum atomic E-state index is 13.1. The van der Waals surface area contributed by atoms with Crippen LogP contribution in [0.4, 0.5) is 5.82 Å². The lowest BCUT2D eigenvalue weighted by Gasteiger charge is -2.39. The van der Waals surface area contributed by atoms with Gasteiger partial charge in [-0.05, 0) is 46.1 Å². The lowest BCUT2D eigenvalue weighted by molar-refractivity contribution is 0.0649. The Balaban J connectivity index is 1.70. The largest absolute Gasteiger partial charge is 0.356 e. The number of amides is 1. The van der Waals surface area contributed by atoms with Crippen LogP contribution < -0.4 is 4.90 Å². The Labute approximate surface area is 160 Å². The smallest absolute Gasteiger partial charge is 0.255 e. The predicted molar refractivity (Wildman–Crippen MR) is 105 cm³/mol. The second-order valence-electron chi connectivity index (χ2n) is 7.22. The van der Waals surface area contributed by atoms with Crippen molar-refractivity contribution in [2.45, 2.75) is 53.0 Å². The molecular weight excluding hydrogens is 340 g/mol. The molecule has 0 atom stereocenters. The second-order valence-corrected chi connectivity index (χ2v) is 7.22. The van der Waals surface area contributed by atoms with Crippen LogP contribution in [-0.2, 0) is 0 Å². The van der Waals surface area contributed by atoms with Gasteiger partial charge in [0, 0.05) is 37.4 Å². The van der Waals surface area contributed by atoms with Crippen molar-refractivity contribution in [3.63, 3.8) is 0 Å². The van der Waals surface area contributed by atoms with E-state index in [0.29, 0.717) is 5.56 Å². The zero-order valence-corrected chi connectivity index (χ0v) is 16.6. The maximum Gasteiger partial charge on any atom is 0.255 e. The molecule has 0 N–H and O–H groups in total. The van der Waals surface area contributed by atoms with Gasteiger partial charge in [-0.15, -0.1) is 0 Å².